The van der Waals surface area contributed by atoms with Gasteiger partial charge in [-0.1, -0.05) is 30.3 Å². The minimum Gasteiger partial charge on any atom is -0.393 e. The largest absolute Gasteiger partial charge is 0.393 e. The van der Waals surface area contributed by atoms with Gasteiger partial charge >= 0.3 is 0 Å². The molecule has 2 heterocycles. The molecular weight excluding hydrogens is 290 g/mol. The van der Waals surface area contributed by atoms with E-state index in [0.717, 1.165) is 32.6 Å². The minimum absolute atomic E-state index is 0.146. The highest BCUT2D eigenvalue weighted by Crippen LogP contribution is 2.22. The van der Waals surface area contributed by atoms with Crippen molar-refractivity contribution in [3.05, 3.63) is 54.1 Å². The summed E-state index contributed by atoms with van der Waals surface area (Å²) in [6, 6.07) is 10.4. The maximum atomic E-state index is 10.3. The zero-order valence-electron chi connectivity index (χ0n) is 13.4. The van der Waals surface area contributed by atoms with Gasteiger partial charge in [-0.25, -0.2) is 4.98 Å². The molecule has 1 aromatic carbocycles. The van der Waals surface area contributed by atoms with E-state index in [1.807, 2.05) is 18.6 Å². The lowest BCUT2D eigenvalue weighted by Gasteiger charge is -2.24. The lowest BCUT2D eigenvalue weighted by molar-refractivity contribution is -0.0255. The minimum atomic E-state index is -0.904. The second-order valence-electron chi connectivity index (χ2n) is 6.51. The van der Waals surface area contributed by atoms with Gasteiger partial charge in [0.25, 0.3) is 0 Å². The maximum absolute atomic E-state index is 10.3. The van der Waals surface area contributed by atoms with Crippen molar-refractivity contribution in [3.63, 3.8) is 0 Å². The van der Waals surface area contributed by atoms with Gasteiger partial charge in [-0.05, 0) is 31.4 Å². The van der Waals surface area contributed by atoms with E-state index in [0.29, 0.717) is 12.8 Å². The van der Waals surface area contributed by atoms with Crippen LogP contribution in [0.1, 0.15) is 30.5 Å². The third-order valence-corrected chi connectivity index (χ3v) is 4.68. The van der Waals surface area contributed by atoms with Crippen LogP contribution < -0.4 is 0 Å². The lowest BCUT2D eigenvalue weighted by atomic mass is 9.96. The van der Waals surface area contributed by atoms with Gasteiger partial charge in [-0.3, -0.25) is 4.90 Å². The van der Waals surface area contributed by atoms with Gasteiger partial charge in [-0.15, -0.1) is 0 Å². The van der Waals surface area contributed by atoms with E-state index in [-0.39, 0.29) is 6.61 Å². The Morgan fingerprint density at radius 3 is 2.70 bits per heavy atom. The Balaban J connectivity index is 1.64. The van der Waals surface area contributed by atoms with Gasteiger partial charge in [0.05, 0.1) is 24.2 Å². The summed E-state index contributed by atoms with van der Waals surface area (Å²) in [7, 11) is 0. The molecule has 0 radical (unpaired) electrons. The first kappa shape index (κ1) is 16.2. The van der Waals surface area contributed by atoms with Crippen LogP contribution >= 0.6 is 0 Å². The number of benzene rings is 1. The first-order chi connectivity index (χ1) is 11.2. The quantitative estimate of drug-likeness (QED) is 0.880. The molecule has 0 aliphatic carbocycles. The first-order valence-corrected chi connectivity index (χ1v) is 8.27. The number of imidazole rings is 1. The van der Waals surface area contributed by atoms with E-state index in [4.69, 9.17) is 0 Å². The van der Waals surface area contributed by atoms with Crippen LogP contribution in [0.2, 0.25) is 0 Å². The van der Waals surface area contributed by atoms with Crippen LogP contribution in [0, 0.1) is 0 Å². The smallest absolute Gasteiger partial charge is 0.0951 e. The van der Waals surface area contributed by atoms with Crippen LogP contribution in [0.25, 0.3) is 0 Å². The molecule has 5 nitrogen and oxygen atoms in total. The molecule has 1 saturated heterocycles. The van der Waals surface area contributed by atoms with Crippen LogP contribution in [-0.4, -0.2) is 50.0 Å². The summed E-state index contributed by atoms with van der Waals surface area (Å²) in [5.74, 6) is 0. The van der Waals surface area contributed by atoms with Gasteiger partial charge in [0.1, 0.15) is 0 Å². The molecule has 0 amide bonds. The molecule has 0 saturated carbocycles. The maximum Gasteiger partial charge on any atom is 0.0951 e. The molecule has 3 rings (SSSR count). The number of aliphatic hydroxyl groups is 2. The van der Waals surface area contributed by atoms with Crippen LogP contribution in [0.4, 0.5) is 0 Å². The predicted molar refractivity (Wildman–Crippen MR) is 88.9 cm³/mol. The first-order valence-electron chi connectivity index (χ1n) is 8.27. The van der Waals surface area contributed by atoms with Crippen molar-refractivity contribution in [1.82, 2.24) is 14.5 Å². The zero-order valence-corrected chi connectivity index (χ0v) is 13.4. The molecule has 2 N–H and O–H groups in total. The van der Waals surface area contributed by atoms with Crippen molar-refractivity contribution in [3.8, 4) is 0 Å². The number of nitrogens with zero attached hydrogens (tertiary/aromatic N) is 3. The van der Waals surface area contributed by atoms with Crippen molar-refractivity contribution >= 4 is 0 Å². The van der Waals surface area contributed by atoms with Gasteiger partial charge in [0.15, 0.2) is 0 Å². The predicted octanol–water partition coefficient (Wildman–Crippen LogP) is 1.64. The Bertz CT molecular complexity index is 614. The fraction of sp³-hybridized carbons (Fsp3) is 0.500. The molecular formula is C18H25N3O2. The Morgan fingerprint density at radius 2 is 1.91 bits per heavy atom. The molecule has 0 spiro atoms. The zero-order chi connectivity index (χ0) is 16.1. The fourth-order valence-electron chi connectivity index (χ4n) is 3.18. The molecule has 0 unspecified atom stereocenters. The molecule has 5 heteroatoms. The normalized spacial score (nSPS) is 22.9. The van der Waals surface area contributed by atoms with E-state index in [1.54, 1.807) is 0 Å². The summed E-state index contributed by atoms with van der Waals surface area (Å²) >= 11 is 0. The van der Waals surface area contributed by atoms with E-state index in [2.05, 4.69) is 38.7 Å². The average molecular weight is 315 g/mol. The van der Waals surface area contributed by atoms with Gasteiger partial charge in [0.2, 0.25) is 0 Å². The Hall–Kier alpha value is -1.69. The summed E-state index contributed by atoms with van der Waals surface area (Å²) in [6.07, 6.45) is 6.00. The lowest BCUT2D eigenvalue weighted by Crippen LogP contribution is -2.34. The molecule has 0 bridgehead atoms. The summed E-state index contributed by atoms with van der Waals surface area (Å²) < 4.78 is 2.18. The third kappa shape index (κ3) is 4.19. The average Bonchev–Trinajstić information content (AvgIpc) is 2.90. The second-order valence-corrected chi connectivity index (χ2v) is 6.51. The molecule has 23 heavy (non-hydrogen) atoms. The molecule has 2 aromatic rings. The standard InChI is InChI=1S/C18H25N3O2/c22-14-18(23)7-4-9-20(10-8-18)13-17-11-19-15-21(17)12-16-5-2-1-3-6-16/h1-3,5-6,11,15,22-23H,4,7-10,12-14H2/t18-/m1/s1. The van der Waals surface area contributed by atoms with Gasteiger partial charge < -0.3 is 14.8 Å². The van der Waals surface area contributed by atoms with Crippen LogP contribution in [0.5, 0.6) is 0 Å². The number of hydrogen-bond acceptors (Lipinski definition) is 4. The Labute approximate surface area is 137 Å². The molecule has 124 valence electrons. The summed E-state index contributed by atoms with van der Waals surface area (Å²) in [6.45, 7) is 3.25. The Kier molecular flexibility index (Phi) is 5.10. The van der Waals surface area contributed by atoms with Crippen molar-refractivity contribution in [2.24, 2.45) is 0 Å². The Morgan fingerprint density at radius 1 is 1.09 bits per heavy atom. The van der Waals surface area contributed by atoms with Gasteiger partial charge in [-0.2, -0.15) is 0 Å². The summed E-state index contributed by atoms with van der Waals surface area (Å²) in [5.41, 5.74) is 1.54. The van der Waals surface area contributed by atoms with Crippen molar-refractivity contribution in [2.75, 3.05) is 19.7 Å². The summed E-state index contributed by atoms with van der Waals surface area (Å²) in [4.78, 5) is 6.64. The van der Waals surface area contributed by atoms with Crippen molar-refractivity contribution in [1.29, 1.82) is 0 Å². The number of aromatic nitrogens is 2. The number of likely N-dealkylation sites (tertiary alicyclic amines) is 1. The highest BCUT2D eigenvalue weighted by atomic mass is 16.3. The molecule has 1 aromatic heterocycles. The summed E-state index contributed by atoms with van der Waals surface area (Å²) in [5, 5.41) is 19.6. The van der Waals surface area contributed by atoms with Gasteiger partial charge in [0, 0.05) is 25.8 Å². The number of aliphatic hydroxyl groups excluding tert-OH is 1. The topological polar surface area (TPSA) is 61.5 Å². The van der Waals surface area contributed by atoms with E-state index < -0.39 is 5.60 Å². The van der Waals surface area contributed by atoms with Crippen molar-refractivity contribution < 1.29 is 10.2 Å². The SMILES string of the molecule is OC[C@@]1(O)CCCN(Cc2cncn2Cc2ccccc2)CC1. The highest BCUT2D eigenvalue weighted by Gasteiger charge is 2.29. The van der Waals surface area contributed by atoms with Crippen LogP contribution in [0.3, 0.4) is 0 Å². The van der Waals surface area contributed by atoms with Crippen LogP contribution in [0.15, 0.2) is 42.9 Å². The van der Waals surface area contributed by atoms with Crippen molar-refractivity contribution in [2.45, 2.75) is 38.0 Å². The van der Waals surface area contributed by atoms with E-state index >= 15 is 0 Å². The van der Waals surface area contributed by atoms with E-state index in [9.17, 15) is 10.2 Å². The number of hydrogen-bond donors (Lipinski definition) is 2. The third-order valence-electron chi connectivity index (χ3n) is 4.68. The molecule has 1 aliphatic heterocycles. The molecule has 1 fully saturated rings. The van der Waals surface area contributed by atoms with E-state index in [1.165, 1.54) is 11.3 Å². The van der Waals surface area contributed by atoms with Crippen LogP contribution in [-0.2, 0) is 13.1 Å². The number of rotatable bonds is 5. The fourth-order valence-corrected chi connectivity index (χ4v) is 3.18. The molecule has 1 aliphatic rings. The second kappa shape index (κ2) is 7.25. The molecule has 1 atom stereocenters. The monoisotopic (exact) mass is 315 g/mol. The highest BCUT2D eigenvalue weighted by molar-refractivity contribution is 5.16.